The molecule has 2 unspecified atom stereocenters. The van der Waals surface area contributed by atoms with Crippen molar-refractivity contribution in [2.24, 2.45) is 0 Å². The van der Waals surface area contributed by atoms with Gasteiger partial charge in [0.05, 0.1) is 7.75 Å². The lowest BCUT2D eigenvalue weighted by atomic mass is 9.69. The molecular weight excluding hydrogens is 714 g/mol. The summed E-state index contributed by atoms with van der Waals surface area (Å²) >= 11 is 12.7. The van der Waals surface area contributed by atoms with Crippen LogP contribution in [-0.4, -0.2) is 2.33 Å². The molecule has 3 aliphatic rings. The second kappa shape index (κ2) is 6.53. The van der Waals surface area contributed by atoms with Gasteiger partial charge in [-0.05, 0) is 97.8 Å². The second-order valence-corrected chi connectivity index (χ2v) is 14.8. The van der Waals surface area contributed by atoms with E-state index < -0.39 is 0 Å². The molecule has 1 spiro atoms. The van der Waals surface area contributed by atoms with E-state index in [0.717, 1.165) is 10.9 Å². The lowest BCUT2D eigenvalue weighted by Gasteiger charge is -2.34. The van der Waals surface area contributed by atoms with E-state index in [0.29, 0.717) is 0 Å². The molecule has 0 bridgehead atoms. The quantitative estimate of drug-likeness (QED) is 0.161. The van der Waals surface area contributed by atoms with Gasteiger partial charge < -0.3 is 0 Å². The van der Waals surface area contributed by atoms with Crippen LogP contribution in [0.1, 0.15) is 28.7 Å². The molecule has 3 aromatic carbocycles. The summed E-state index contributed by atoms with van der Waals surface area (Å²) in [6.45, 7) is 0. The highest BCUT2D eigenvalue weighted by Crippen LogP contribution is 2.65. The first-order chi connectivity index (χ1) is 13.9. The molecule has 3 aliphatic carbocycles. The highest BCUT2D eigenvalue weighted by Gasteiger charge is 2.54. The minimum atomic E-state index is -0.261. The number of allylic oxidation sites excluding steroid dienone is 4. The van der Waals surface area contributed by atoms with Crippen LogP contribution in [0.4, 0.5) is 0 Å². The van der Waals surface area contributed by atoms with Crippen LogP contribution in [0.2, 0.25) is 0 Å². The predicted molar refractivity (Wildman–Crippen MR) is 145 cm³/mol. The first kappa shape index (κ1) is 19.3. The van der Waals surface area contributed by atoms with Gasteiger partial charge >= 0.3 is 0 Å². The number of benzene rings is 3. The van der Waals surface area contributed by atoms with Gasteiger partial charge in [0.25, 0.3) is 0 Å². The Hall–Kier alpha value is -0.440. The van der Waals surface area contributed by atoms with E-state index in [-0.39, 0.29) is 7.75 Å². The fraction of sp³-hybridized carbons (Fsp3) is 0.120. The van der Waals surface area contributed by atoms with E-state index in [1.807, 2.05) is 0 Å². The highest BCUT2D eigenvalue weighted by molar-refractivity contribution is 14.1. The van der Waals surface area contributed by atoms with Gasteiger partial charge in [0.1, 0.15) is 0 Å². The predicted octanol–water partition coefficient (Wildman–Crippen LogP) is 8.62. The minimum absolute atomic E-state index is 0.0600. The van der Waals surface area contributed by atoms with Crippen LogP contribution in [0.15, 0.2) is 82.9 Å². The molecule has 142 valence electrons. The van der Waals surface area contributed by atoms with Gasteiger partial charge in [-0.3, -0.25) is 0 Å². The largest absolute Gasteiger partial charge is 0.0989 e. The number of hydrogen-bond donors (Lipinski definition) is 0. The SMILES string of the molecule is Brc1ccc2c(c1)C1(C3=CC(Br)(I)CC=C32)c2ccccc2-c2ccc(I)cc21. The zero-order valence-corrected chi connectivity index (χ0v) is 22.6. The van der Waals surface area contributed by atoms with Crippen LogP contribution < -0.4 is 0 Å². The molecule has 0 aromatic heterocycles. The Morgan fingerprint density at radius 1 is 0.828 bits per heavy atom. The third kappa shape index (κ3) is 2.58. The van der Waals surface area contributed by atoms with Crippen LogP contribution >= 0.6 is 77.0 Å². The fourth-order valence-electron chi connectivity index (χ4n) is 5.30. The topological polar surface area (TPSA) is 0 Å². The summed E-state index contributed by atoms with van der Waals surface area (Å²) in [5.41, 5.74) is 10.8. The number of alkyl halides is 2. The zero-order valence-electron chi connectivity index (χ0n) is 15.1. The van der Waals surface area contributed by atoms with Crippen molar-refractivity contribution >= 4 is 82.6 Å². The van der Waals surface area contributed by atoms with Crippen LogP contribution in [-0.2, 0) is 5.41 Å². The molecule has 0 nitrogen and oxygen atoms in total. The Labute approximate surface area is 214 Å². The van der Waals surface area contributed by atoms with E-state index in [2.05, 4.69) is 150 Å². The van der Waals surface area contributed by atoms with Crippen molar-refractivity contribution in [2.45, 2.75) is 14.2 Å². The Bertz CT molecular complexity index is 1290. The number of hydrogen-bond acceptors (Lipinski definition) is 0. The summed E-state index contributed by atoms with van der Waals surface area (Å²) in [7, 11) is 0. The van der Waals surface area contributed by atoms with Crippen LogP contribution in [0, 0.1) is 3.57 Å². The first-order valence-electron chi connectivity index (χ1n) is 9.44. The number of fused-ring (bicyclic) bond motifs is 10. The molecule has 3 aromatic rings. The number of halogens is 4. The van der Waals surface area contributed by atoms with Gasteiger partial charge in [-0.2, -0.15) is 0 Å². The molecule has 0 heterocycles. The zero-order chi connectivity index (χ0) is 20.0. The van der Waals surface area contributed by atoms with Crippen LogP contribution in [0.25, 0.3) is 16.7 Å². The van der Waals surface area contributed by atoms with Crippen molar-refractivity contribution in [2.75, 3.05) is 0 Å². The Morgan fingerprint density at radius 2 is 1.55 bits per heavy atom. The van der Waals surface area contributed by atoms with Gasteiger partial charge in [0.15, 0.2) is 0 Å². The van der Waals surface area contributed by atoms with E-state index >= 15 is 0 Å². The average molecular weight is 728 g/mol. The lowest BCUT2D eigenvalue weighted by Crippen LogP contribution is -2.28. The summed E-state index contributed by atoms with van der Waals surface area (Å²) in [4.78, 5) is 0. The lowest BCUT2D eigenvalue weighted by molar-refractivity contribution is 0.781. The molecule has 4 heteroatoms. The summed E-state index contributed by atoms with van der Waals surface area (Å²) in [5.74, 6) is 0. The summed E-state index contributed by atoms with van der Waals surface area (Å²) in [6.07, 6.45) is 5.87. The molecule has 6 rings (SSSR count). The normalized spacial score (nSPS) is 25.8. The number of rotatable bonds is 0. The summed E-state index contributed by atoms with van der Waals surface area (Å²) in [5, 5.41) is 0. The average Bonchev–Trinajstić information content (AvgIpc) is 3.13. The fourth-order valence-corrected chi connectivity index (χ4v) is 7.07. The van der Waals surface area contributed by atoms with Crippen LogP contribution in [0.3, 0.4) is 0 Å². The van der Waals surface area contributed by atoms with Gasteiger partial charge in [0.2, 0.25) is 0 Å². The molecule has 0 N–H and O–H groups in total. The van der Waals surface area contributed by atoms with E-state index in [4.69, 9.17) is 0 Å². The van der Waals surface area contributed by atoms with E-state index in [1.54, 1.807) is 0 Å². The van der Waals surface area contributed by atoms with Crippen molar-refractivity contribution in [3.05, 3.63) is 109 Å². The second-order valence-electron chi connectivity index (χ2n) is 7.82. The minimum Gasteiger partial charge on any atom is -0.0738 e. The molecule has 0 saturated heterocycles. The maximum Gasteiger partial charge on any atom is 0.0989 e. The summed E-state index contributed by atoms with van der Waals surface area (Å²) < 4.78 is 2.35. The van der Waals surface area contributed by atoms with Crippen molar-refractivity contribution in [3.63, 3.8) is 0 Å². The Kier molecular flexibility index (Phi) is 4.34. The van der Waals surface area contributed by atoms with Gasteiger partial charge in [-0.25, -0.2) is 0 Å². The van der Waals surface area contributed by atoms with Crippen molar-refractivity contribution in [3.8, 4) is 11.1 Å². The molecule has 2 atom stereocenters. The van der Waals surface area contributed by atoms with Crippen LogP contribution in [0.5, 0.6) is 0 Å². The smallest absolute Gasteiger partial charge is 0.0738 e. The standard InChI is InChI=1S/C25H14Br2I2/c26-14-5-7-17-19-9-10-24(27,29)13-23(19)25(21(17)11-14)20-4-2-1-3-16(20)18-8-6-15(28)12-22(18)25/h1-9,11-13H,10H2. The molecule has 0 amide bonds. The third-order valence-electron chi connectivity index (χ3n) is 6.31. The van der Waals surface area contributed by atoms with E-state index in [9.17, 15) is 0 Å². The Morgan fingerprint density at radius 3 is 2.41 bits per heavy atom. The molecule has 0 aliphatic heterocycles. The third-order valence-corrected chi connectivity index (χ3v) is 8.78. The van der Waals surface area contributed by atoms with Crippen molar-refractivity contribution < 1.29 is 0 Å². The summed E-state index contributed by atoms with van der Waals surface area (Å²) in [6, 6.07) is 22.7. The Balaban J connectivity index is 1.84. The molecule has 0 fully saturated rings. The first-order valence-corrected chi connectivity index (χ1v) is 13.2. The monoisotopic (exact) mass is 726 g/mol. The van der Waals surface area contributed by atoms with Gasteiger partial charge in [0, 0.05) is 8.04 Å². The van der Waals surface area contributed by atoms with Crippen molar-refractivity contribution in [1.82, 2.24) is 0 Å². The van der Waals surface area contributed by atoms with Gasteiger partial charge in [-0.1, -0.05) is 103 Å². The van der Waals surface area contributed by atoms with Gasteiger partial charge in [-0.15, -0.1) is 0 Å². The maximum atomic E-state index is 3.97. The maximum absolute atomic E-state index is 3.97. The molecule has 29 heavy (non-hydrogen) atoms. The van der Waals surface area contributed by atoms with E-state index in [1.165, 1.54) is 48.1 Å². The molecular formula is C25H14Br2I2. The highest BCUT2D eigenvalue weighted by atomic mass is 127. The molecule has 0 radical (unpaired) electrons. The van der Waals surface area contributed by atoms with Crippen molar-refractivity contribution in [1.29, 1.82) is 0 Å². The molecule has 0 saturated carbocycles.